The first kappa shape index (κ1) is 13.1. The van der Waals surface area contributed by atoms with Gasteiger partial charge in [0.25, 0.3) is 0 Å². The second kappa shape index (κ2) is 5.08. The molecule has 0 spiro atoms. The summed E-state index contributed by atoms with van der Waals surface area (Å²) in [6.45, 7) is 3.39. The first-order valence-corrected chi connectivity index (χ1v) is 7.48. The summed E-state index contributed by atoms with van der Waals surface area (Å²) < 4.78 is 1.10. The van der Waals surface area contributed by atoms with Crippen LogP contribution in [0.2, 0.25) is 0 Å². The summed E-state index contributed by atoms with van der Waals surface area (Å²) in [6.07, 6.45) is 2.73. The summed E-state index contributed by atoms with van der Waals surface area (Å²) in [4.78, 5) is 15.3. The van der Waals surface area contributed by atoms with Crippen molar-refractivity contribution >= 4 is 33.2 Å². The van der Waals surface area contributed by atoms with Gasteiger partial charge in [-0.2, -0.15) is 0 Å². The molecule has 0 saturated heterocycles. The number of likely N-dealkylation sites (N-methyl/N-ethyl adjacent to an activating group) is 1. The Kier molecular flexibility index (Phi) is 3.90. The van der Waals surface area contributed by atoms with E-state index in [-0.39, 0.29) is 5.91 Å². The van der Waals surface area contributed by atoms with Crippen molar-refractivity contribution in [3.8, 4) is 0 Å². The van der Waals surface area contributed by atoms with E-state index < -0.39 is 5.54 Å². The molecule has 1 aliphatic carbocycles. The molecule has 1 aliphatic rings. The third-order valence-electron chi connectivity index (χ3n) is 3.32. The normalized spacial score (nSPS) is 17.6. The predicted octanol–water partition coefficient (Wildman–Crippen LogP) is 2.74. The zero-order chi connectivity index (χ0) is 12.5. The molecule has 1 heterocycles. The summed E-state index contributed by atoms with van der Waals surface area (Å²) >= 11 is 5.10. The summed E-state index contributed by atoms with van der Waals surface area (Å²) in [5.41, 5.74) is 5.51. The van der Waals surface area contributed by atoms with Gasteiger partial charge in [0.1, 0.15) is 0 Å². The Morgan fingerprint density at radius 1 is 1.59 bits per heavy atom. The molecule has 5 heteroatoms. The molecule has 0 aliphatic heterocycles. The smallest absolute Gasteiger partial charge is 0.242 e. The van der Waals surface area contributed by atoms with Crippen molar-refractivity contribution in [2.24, 2.45) is 5.73 Å². The van der Waals surface area contributed by atoms with E-state index in [0.29, 0.717) is 13.1 Å². The van der Waals surface area contributed by atoms with Crippen LogP contribution in [0.25, 0.3) is 0 Å². The number of hydrogen-bond donors (Lipinski definition) is 1. The summed E-state index contributed by atoms with van der Waals surface area (Å²) in [6, 6.07) is 4.06. The molecule has 1 amide bonds. The van der Waals surface area contributed by atoms with Gasteiger partial charge in [0, 0.05) is 11.4 Å². The van der Waals surface area contributed by atoms with Gasteiger partial charge in [0.05, 0.1) is 15.9 Å². The zero-order valence-corrected chi connectivity index (χ0v) is 12.3. The number of hydrogen-bond acceptors (Lipinski definition) is 3. The van der Waals surface area contributed by atoms with Gasteiger partial charge in [0.15, 0.2) is 0 Å². The zero-order valence-electron chi connectivity index (χ0n) is 9.91. The van der Waals surface area contributed by atoms with E-state index in [0.717, 1.165) is 23.0 Å². The van der Waals surface area contributed by atoms with Crippen molar-refractivity contribution in [3.63, 3.8) is 0 Å². The Labute approximate surface area is 114 Å². The number of nitrogens with two attached hydrogens (primary N) is 1. The van der Waals surface area contributed by atoms with Gasteiger partial charge < -0.3 is 10.6 Å². The Balaban J connectivity index is 2.03. The van der Waals surface area contributed by atoms with Gasteiger partial charge in [0.2, 0.25) is 5.91 Å². The van der Waals surface area contributed by atoms with Crippen LogP contribution in [0.15, 0.2) is 15.9 Å². The van der Waals surface area contributed by atoms with Crippen molar-refractivity contribution in [2.75, 3.05) is 6.54 Å². The van der Waals surface area contributed by atoms with Crippen molar-refractivity contribution in [2.45, 2.75) is 38.3 Å². The number of halogens is 1. The molecular weight excluding hydrogens is 300 g/mol. The molecule has 2 rings (SSSR count). The van der Waals surface area contributed by atoms with E-state index in [9.17, 15) is 4.79 Å². The minimum Gasteiger partial charge on any atom is -0.336 e. The number of amides is 1. The predicted molar refractivity (Wildman–Crippen MR) is 73.9 cm³/mol. The lowest BCUT2D eigenvalue weighted by Gasteiger charge is -2.40. The van der Waals surface area contributed by atoms with Crippen LogP contribution in [0.1, 0.15) is 31.1 Å². The minimum atomic E-state index is -0.579. The van der Waals surface area contributed by atoms with Gasteiger partial charge in [-0.1, -0.05) is 0 Å². The lowest BCUT2D eigenvalue weighted by Crippen LogP contribution is -2.59. The molecule has 17 heavy (non-hydrogen) atoms. The van der Waals surface area contributed by atoms with E-state index in [1.165, 1.54) is 4.88 Å². The van der Waals surface area contributed by atoms with Gasteiger partial charge in [-0.05, 0) is 54.2 Å². The standard InChI is InChI=1S/C12H17BrN2OS/c1-2-15(8-9-4-5-10(13)17-9)11(16)12(14)6-3-7-12/h4-5H,2-3,6-8,14H2,1H3. The van der Waals surface area contributed by atoms with E-state index in [1.807, 2.05) is 17.9 Å². The molecule has 1 aromatic rings. The molecular formula is C12H17BrN2OS. The number of nitrogens with zero attached hydrogens (tertiary/aromatic N) is 1. The fourth-order valence-corrected chi connectivity index (χ4v) is 3.54. The lowest BCUT2D eigenvalue weighted by atomic mass is 9.76. The van der Waals surface area contributed by atoms with Gasteiger partial charge in [-0.3, -0.25) is 4.79 Å². The van der Waals surface area contributed by atoms with Crippen molar-refractivity contribution in [1.29, 1.82) is 0 Å². The summed E-state index contributed by atoms with van der Waals surface area (Å²) in [5, 5.41) is 0. The van der Waals surface area contributed by atoms with Crippen LogP contribution in [-0.2, 0) is 11.3 Å². The average molecular weight is 317 g/mol. The first-order valence-electron chi connectivity index (χ1n) is 5.87. The molecule has 1 aromatic heterocycles. The first-order chi connectivity index (χ1) is 8.05. The molecule has 3 nitrogen and oxygen atoms in total. The molecule has 0 unspecified atom stereocenters. The number of carbonyl (C=O) groups excluding carboxylic acids is 1. The Hall–Kier alpha value is -0.390. The molecule has 2 N–H and O–H groups in total. The molecule has 0 atom stereocenters. The molecule has 1 fully saturated rings. The topological polar surface area (TPSA) is 46.3 Å². The number of carbonyl (C=O) groups is 1. The van der Waals surface area contributed by atoms with Crippen LogP contribution in [0.4, 0.5) is 0 Å². The van der Waals surface area contributed by atoms with Gasteiger partial charge >= 0.3 is 0 Å². The van der Waals surface area contributed by atoms with Crippen LogP contribution < -0.4 is 5.73 Å². The SMILES string of the molecule is CCN(Cc1ccc(Br)s1)C(=O)C1(N)CCC1. The summed E-state index contributed by atoms with van der Waals surface area (Å²) in [7, 11) is 0. The van der Waals surface area contributed by atoms with E-state index in [4.69, 9.17) is 5.73 Å². The fourth-order valence-electron chi connectivity index (χ4n) is 2.04. The minimum absolute atomic E-state index is 0.107. The monoisotopic (exact) mass is 316 g/mol. The molecule has 0 radical (unpaired) electrons. The van der Waals surface area contributed by atoms with Gasteiger partial charge in [-0.25, -0.2) is 0 Å². The molecule has 0 bridgehead atoms. The van der Waals surface area contributed by atoms with Crippen molar-refractivity contribution < 1.29 is 4.79 Å². The highest BCUT2D eigenvalue weighted by Crippen LogP contribution is 2.32. The van der Waals surface area contributed by atoms with E-state index >= 15 is 0 Å². The number of rotatable bonds is 4. The maximum Gasteiger partial charge on any atom is 0.242 e. The molecule has 0 aromatic carbocycles. The van der Waals surface area contributed by atoms with Crippen LogP contribution in [-0.4, -0.2) is 22.9 Å². The highest BCUT2D eigenvalue weighted by molar-refractivity contribution is 9.11. The Bertz CT molecular complexity index is 414. The van der Waals surface area contributed by atoms with Gasteiger partial charge in [-0.15, -0.1) is 11.3 Å². The quantitative estimate of drug-likeness (QED) is 0.928. The maximum absolute atomic E-state index is 12.3. The second-order valence-electron chi connectivity index (χ2n) is 4.53. The Morgan fingerprint density at radius 3 is 2.71 bits per heavy atom. The van der Waals surface area contributed by atoms with Crippen LogP contribution >= 0.6 is 27.3 Å². The van der Waals surface area contributed by atoms with Crippen LogP contribution in [0, 0.1) is 0 Å². The highest BCUT2D eigenvalue weighted by Gasteiger charge is 2.42. The van der Waals surface area contributed by atoms with E-state index in [2.05, 4.69) is 22.0 Å². The third-order valence-corrected chi connectivity index (χ3v) is 4.92. The summed E-state index contributed by atoms with van der Waals surface area (Å²) in [5.74, 6) is 0.107. The van der Waals surface area contributed by atoms with Crippen molar-refractivity contribution in [3.05, 3.63) is 20.8 Å². The maximum atomic E-state index is 12.3. The Morgan fingerprint density at radius 2 is 2.29 bits per heavy atom. The second-order valence-corrected chi connectivity index (χ2v) is 7.08. The molecule has 1 saturated carbocycles. The van der Waals surface area contributed by atoms with Crippen LogP contribution in [0.3, 0.4) is 0 Å². The van der Waals surface area contributed by atoms with E-state index in [1.54, 1.807) is 11.3 Å². The number of thiophene rings is 1. The highest BCUT2D eigenvalue weighted by atomic mass is 79.9. The third kappa shape index (κ3) is 2.72. The lowest BCUT2D eigenvalue weighted by molar-refractivity contribution is -0.140. The molecule has 94 valence electrons. The van der Waals surface area contributed by atoms with Crippen molar-refractivity contribution in [1.82, 2.24) is 4.90 Å². The average Bonchev–Trinajstić information content (AvgIpc) is 2.67. The van der Waals surface area contributed by atoms with Crippen LogP contribution in [0.5, 0.6) is 0 Å². The largest absolute Gasteiger partial charge is 0.336 e. The fraction of sp³-hybridized carbons (Fsp3) is 0.583.